The zero-order valence-corrected chi connectivity index (χ0v) is 12.3. The Morgan fingerprint density at radius 1 is 1.16 bits per heavy atom. The van der Waals surface area contributed by atoms with Crippen molar-refractivity contribution in [2.75, 3.05) is 38.1 Å². The van der Waals surface area contributed by atoms with Gasteiger partial charge in [-0.25, -0.2) is 0 Å². The van der Waals surface area contributed by atoms with Crippen LogP contribution in [0.4, 0.5) is 5.69 Å². The Hall–Kier alpha value is -1.39. The topological polar surface area (TPSA) is 19.4 Å². The van der Waals surface area contributed by atoms with E-state index >= 15 is 0 Å². The SMILES string of the molecule is Cc1c(N2CCN(C)CC2)ccnc1-c1ccsc1. The van der Waals surface area contributed by atoms with Crippen molar-refractivity contribution in [3.05, 3.63) is 34.7 Å². The Balaban J connectivity index is 1.92. The summed E-state index contributed by atoms with van der Waals surface area (Å²) in [6, 6.07) is 4.30. The van der Waals surface area contributed by atoms with E-state index in [9.17, 15) is 0 Å². The largest absolute Gasteiger partial charge is 0.369 e. The molecular formula is C15H19N3S. The molecule has 0 saturated carbocycles. The van der Waals surface area contributed by atoms with Gasteiger partial charge in [-0.1, -0.05) is 0 Å². The molecule has 3 rings (SSSR count). The lowest BCUT2D eigenvalue weighted by molar-refractivity contribution is 0.312. The Labute approximate surface area is 118 Å². The fourth-order valence-electron chi connectivity index (χ4n) is 2.61. The molecule has 0 N–H and O–H groups in total. The van der Waals surface area contributed by atoms with Gasteiger partial charge in [-0.15, -0.1) is 0 Å². The number of likely N-dealkylation sites (N-methyl/N-ethyl adjacent to an activating group) is 1. The van der Waals surface area contributed by atoms with Crippen molar-refractivity contribution >= 4 is 17.0 Å². The smallest absolute Gasteiger partial charge is 0.0760 e. The second kappa shape index (κ2) is 5.31. The average molecular weight is 273 g/mol. The summed E-state index contributed by atoms with van der Waals surface area (Å²) in [4.78, 5) is 9.42. The van der Waals surface area contributed by atoms with Crippen LogP contribution in [-0.2, 0) is 0 Å². The molecule has 0 bridgehead atoms. The normalized spacial score (nSPS) is 16.8. The second-order valence-corrected chi connectivity index (χ2v) is 5.89. The van der Waals surface area contributed by atoms with E-state index in [0.717, 1.165) is 31.9 Å². The molecule has 0 spiro atoms. The van der Waals surface area contributed by atoms with Crippen LogP contribution in [-0.4, -0.2) is 43.1 Å². The molecule has 1 fully saturated rings. The molecule has 0 amide bonds. The summed E-state index contributed by atoms with van der Waals surface area (Å²) >= 11 is 1.72. The lowest BCUT2D eigenvalue weighted by Gasteiger charge is -2.35. The first-order valence-corrected chi connectivity index (χ1v) is 7.61. The predicted molar refractivity (Wildman–Crippen MR) is 82.0 cm³/mol. The third kappa shape index (κ3) is 2.51. The molecule has 2 aromatic rings. The molecule has 0 atom stereocenters. The summed E-state index contributed by atoms with van der Waals surface area (Å²) in [6.07, 6.45) is 1.94. The third-order valence-corrected chi connectivity index (χ3v) is 4.50. The van der Waals surface area contributed by atoms with E-state index in [1.165, 1.54) is 16.8 Å². The van der Waals surface area contributed by atoms with Crippen molar-refractivity contribution in [3.8, 4) is 11.3 Å². The number of nitrogens with zero attached hydrogens (tertiary/aromatic N) is 3. The van der Waals surface area contributed by atoms with Gasteiger partial charge in [-0.3, -0.25) is 4.98 Å². The van der Waals surface area contributed by atoms with Gasteiger partial charge in [0.2, 0.25) is 0 Å². The van der Waals surface area contributed by atoms with Crippen LogP contribution >= 0.6 is 11.3 Å². The molecule has 1 saturated heterocycles. The molecular weight excluding hydrogens is 254 g/mol. The molecule has 3 heterocycles. The first-order chi connectivity index (χ1) is 9.25. The van der Waals surface area contributed by atoms with Gasteiger partial charge in [0, 0.05) is 49.0 Å². The number of pyridine rings is 1. The average Bonchev–Trinajstić information content (AvgIpc) is 2.94. The molecule has 0 aromatic carbocycles. The molecule has 0 aliphatic carbocycles. The summed E-state index contributed by atoms with van der Waals surface area (Å²) in [5, 5.41) is 4.28. The molecule has 3 nitrogen and oxygen atoms in total. The number of thiophene rings is 1. The van der Waals surface area contributed by atoms with Crippen LogP contribution < -0.4 is 4.90 Å². The molecule has 19 heavy (non-hydrogen) atoms. The lowest BCUT2D eigenvalue weighted by Crippen LogP contribution is -2.44. The van der Waals surface area contributed by atoms with Crippen LogP contribution in [0.5, 0.6) is 0 Å². The van der Waals surface area contributed by atoms with E-state index in [4.69, 9.17) is 0 Å². The maximum absolute atomic E-state index is 4.56. The number of hydrogen-bond donors (Lipinski definition) is 0. The summed E-state index contributed by atoms with van der Waals surface area (Å²) in [6.45, 7) is 6.66. The number of piperazine rings is 1. The van der Waals surface area contributed by atoms with Gasteiger partial charge >= 0.3 is 0 Å². The Bertz CT molecular complexity index is 543. The van der Waals surface area contributed by atoms with Crippen molar-refractivity contribution in [2.45, 2.75) is 6.92 Å². The number of rotatable bonds is 2. The summed E-state index contributed by atoms with van der Waals surface area (Å²) in [5.41, 5.74) is 4.99. The first-order valence-electron chi connectivity index (χ1n) is 6.67. The van der Waals surface area contributed by atoms with E-state index < -0.39 is 0 Å². The summed E-state index contributed by atoms with van der Waals surface area (Å²) in [5.74, 6) is 0. The van der Waals surface area contributed by atoms with Gasteiger partial charge in [-0.2, -0.15) is 11.3 Å². The Morgan fingerprint density at radius 3 is 2.63 bits per heavy atom. The summed E-state index contributed by atoms with van der Waals surface area (Å²) < 4.78 is 0. The minimum Gasteiger partial charge on any atom is -0.369 e. The van der Waals surface area contributed by atoms with Gasteiger partial charge in [-0.05, 0) is 37.0 Å². The molecule has 1 aliphatic rings. The maximum Gasteiger partial charge on any atom is 0.0760 e. The van der Waals surface area contributed by atoms with Crippen molar-refractivity contribution in [1.29, 1.82) is 0 Å². The first kappa shape index (κ1) is 12.6. The number of anilines is 1. The zero-order valence-electron chi connectivity index (χ0n) is 11.5. The number of aromatic nitrogens is 1. The third-order valence-electron chi connectivity index (χ3n) is 3.81. The summed E-state index contributed by atoms with van der Waals surface area (Å²) in [7, 11) is 2.19. The van der Waals surface area contributed by atoms with Gasteiger partial charge in [0.1, 0.15) is 0 Å². The molecule has 0 radical (unpaired) electrons. The number of hydrogen-bond acceptors (Lipinski definition) is 4. The van der Waals surface area contributed by atoms with E-state index in [1.807, 2.05) is 6.20 Å². The highest BCUT2D eigenvalue weighted by molar-refractivity contribution is 7.08. The predicted octanol–water partition coefficient (Wildman–Crippen LogP) is 2.87. The van der Waals surface area contributed by atoms with Crippen molar-refractivity contribution < 1.29 is 0 Å². The molecule has 100 valence electrons. The van der Waals surface area contributed by atoms with Gasteiger partial charge in [0.25, 0.3) is 0 Å². The molecule has 0 unspecified atom stereocenters. The monoisotopic (exact) mass is 273 g/mol. The highest BCUT2D eigenvalue weighted by atomic mass is 32.1. The van der Waals surface area contributed by atoms with Gasteiger partial charge < -0.3 is 9.80 Å². The molecule has 1 aliphatic heterocycles. The van der Waals surface area contributed by atoms with Crippen molar-refractivity contribution in [1.82, 2.24) is 9.88 Å². The van der Waals surface area contributed by atoms with Crippen LogP contribution in [0.2, 0.25) is 0 Å². The fraction of sp³-hybridized carbons (Fsp3) is 0.400. The van der Waals surface area contributed by atoms with Crippen LogP contribution in [0.25, 0.3) is 11.3 Å². The Kier molecular flexibility index (Phi) is 3.53. The van der Waals surface area contributed by atoms with E-state index in [2.05, 4.69) is 51.6 Å². The lowest BCUT2D eigenvalue weighted by atomic mass is 10.1. The van der Waals surface area contributed by atoms with Crippen LogP contribution in [0.1, 0.15) is 5.56 Å². The van der Waals surface area contributed by atoms with Crippen molar-refractivity contribution in [3.63, 3.8) is 0 Å². The minimum atomic E-state index is 1.10. The second-order valence-electron chi connectivity index (χ2n) is 5.11. The van der Waals surface area contributed by atoms with E-state index in [-0.39, 0.29) is 0 Å². The molecule has 4 heteroatoms. The quantitative estimate of drug-likeness (QED) is 0.839. The standard InChI is InChI=1S/C15H19N3S/c1-12-14(18-8-6-17(2)7-9-18)3-5-16-15(12)13-4-10-19-11-13/h3-5,10-11H,6-9H2,1-2H3. The van der Waals surface area contributed by atoms with Gasteiger partial charge in [0.05, 0.1) is 5.69 Å². The van der Waals surface area contributed by atoms with Crippen LogP contribution in [0.15, 0.2) is 29.1 Å². The van der Waals surface area contributed by atoms with Gasteiger partial charge in [0.15, 0.2) is 0 Å². The fourth-order valence-corrected chi connectivity index (χ4v) is 3.25. The van der Waals surface area contributed by atoms with Crippen molar-refractivity contribution in [2.24, 2.45) is 0 Å². The molecule has 2 aromatic heterocycles. The van der Waals surface area contributed by atoms with Crippen LogP contribution in [0, 0.1) is 6.92 Å². The Morgan fingerprint density at radius 2 is 1.95 bits per heavy atom. The maximum atomic E-state index is 4.56. The van der Waals surface area contributed by atoms with E-state index in [0.29, 0.717) is 0 Å². The minimum absolute atomic E-state index is 1.10. The highest BCUT2D eigenvalue weighted by Gasteiger charge is 2.17. The van der Waals surface area contributed by atoms with Crippen LogP contribution in [0.3, 0.4) is 0 Å². The highest BCUT2D eigenvalue weighted by Crippen LogP contribution is 2.30. The zero-order chi connectivity index (χ0) is 13.2. The van der Waals surface area contributed by atoms with E-state index in [1.54, 1.807) is 11.3 Å².